The number of amides is 1. The van der Waals surface area contributed by atoms with Gasteiger partial charge >= 0.3 is 5.69 Å². The van der Waals surface area contributed by atoms with Crippen LogP contribution in [-0.4, -0.2) is 35.8 Å². The first-order chi connectivity index (χ1) is 14.4. The molecule has 5 fully saturated rings. The molecule has 2 aromatic heterocycles. The molecule has 2 atom stereocenters. The third-order valence-corrected chi connectivity index (χ3v) is 9.28. The van der Waals surface area contributed by atoms with Crippen molar-refractivity contribution in [3.63, 3.8) is 0 Å². The van der Waals surface area contributed by atoms with Gasteiger partial charge in [0.1, 0.15) is 6.33 Å². The van der Waals surface area contributed by atoms with Crippen LogP contribution in [-0.2, 0) is 7.05 Å². The van der Waals surface area contributed by atoms with Crippen LogP contribution in [0.1, 0.15) is 75.2 Å². The lowest BCUT2D eigenvalue weighted by Gasteiger charge is -2.65. The number of fused-ring (bicyclic) bond motifs is 1. The fourth-order valence-electron chi connectivity index (χ4n) is 7.95. The summed E-state index contributed by atoms with van der Waals surface area (Å²) in [4.78, 5) is 30.0. The van der Waals surface area contributed by atoms with Gasteiger partial charge in [0.2, 0.25) is 0 Å². The number of nitrogens with one attached hydrogen (secondary N) is 1. The largest absolute Gasteiger partial charge is 0.352 e. The summed E-state index contributed by atoms with van der Waals surface area (Å²) >= 11 is 0. The molecular formula is C22H30N6O2. The van der Waals surface area contributed by atoms with E-state index in [1.807, 2.05) is 0 Å². The van der Waals surface area contributed by atoms with E-state index < -0.39 is 0 Å². The zero-order chi connectivity index (χ0) is 20.7. The van der Waals surface area contributed by atoms with E-state index in [1.165, 1.54) is 62.7 Å². The summed E-state index contributed by atoms with van der Waals surface area (Å²) in [5.74, 6) is 3.08. The molecule has 30 heavy (non-hydrogen) atoms. The lowest BCUT2D eigenvalue weighted by molar-refractivity contribution is -0.131. The molecule has 5 aliphatic carbocycles. The van der Waals surface area contributed by atoms with Crippen LogP contribution in [0.3, 0.4) is 0 Å². The van der Waals surface area contributed by atoms with Gasteiger partial charge in [-0.3, -0.25) is 4.79 Å². The summed E-state index contributed by atoms with van der Waals surface area (Å²) in [6, 6.07) is 0. The number of imidazole rings is 1. The minimum Gasteiger partial charge on any atom is -0.345 e. The summed E-state index contributed by atoms with van der Waals surface area (Å²) in [7, 11) is 1.54. The minimum atomic E-state index is -0.350. The molecule has 1 amide bonds. The van der Waals surface area contributed by atoms with E-state index in [1.54, 1.807) is 0 Å². The van der Waals surface area contributed by atoms with E-state index in [4.69, 9.17) is 0 Å². The number of rotatable bonds is 3. The summed E-state index contributed by atoms with van der Waals surface area (Å²) in [6.45, 7) is 2.46. The Bertz CT molecular complexity index is 1060. The monoisotopic (exact) mass is 410 g/mol. The second-order valence-corrected chi connectivity index (χ2v) is 10.6. The van der Waals surface area contributed by atoms with Crippen LogP contribution in [0.25, 0.3) is 5.65 Å². The topological polar surface area (TPSA) is 94.2 Å². The second-order valence-electron chi connectivity index (χ2n) is 10.6. The molecule has 2 heterocycles. The molecule has 0 aromatic carbocycles. The molecule has 8 nitrogen and oxygen atoms in total. The molecular weight excluding hydrogens is 380 g/mol. The molecule has 5 saturated carbocycles. The van der Waals surface area contributed by atoms with Gasteiger partial charge in [-0.2, -0.15) is 4.68 Å². The molecule has 0 saturated heterocycles. The van der Waals surface area contributed by atoms with Crippen LogP contribution in [0.5, 0.6) is 0 Å². The van der Waals surface area contributed by atoms with Gasteiger partial charge in [-0.25, -0.2) is 14.2 Å². The number of carbonyl (C=O) groups excluding carboxylic acids is 1. The minimum absolute atomic E-state index is 0.150. The Balaban J connectivity index is 1.37. The Labute approximate surface area is 175 Å². The lowest BCUT2D eigenvalue weighted by atomic mass is 9.42. The molecule has 7 rings (SSSR count). The number of aromatic nitrogens is 5. The highest BCUT2D eigenvalue weighted by molar-refractivity contribution is 5.98. The second kappa shape index (κ2) is 6.14. The van der Waals surface area contributed by atoms with Crippen LogP contribution >= 0.6 is 0 Å². The maximum absolute atomic E-state index is 13.5. The SMILES string of the molecule is CC1C2CC3CC1CC(C1(NC(=O)c4ncn5c(=O)n(C)nnc45)CCCC1)(C3)C2. The van der Waals surface area contributed by atoms with Crippen molar-refractivity contribution < 1.29 is 4.79 Å². The molecule has 2 aromatic rings. The predicted octanol–water partition coefficient (Wildman–Crippen LogP) is 2.33. The van der Waals surface area contributed by atoms with Gasteiger partial charge in [0.25, 0.3) is 5.91 Å². The van der Waals surface area contributed by atoms with Crippen molar-refractivity contribution in [3.05, 3.63) is 22.5 Å². The number of hydrogen-bond donors (Lipinski definition) is 1. The number of aryl methyl sites for hydroxylation is 1. The maximum atomic E-state index is 13.5. The van der Waals surface area contributed by atoms with Gasteiger partial charge in [-0.05, 0) is 74.0 Å². The Morgan fingerprint density at radius 3 is 2.57 bits per heavy atom. The fraction of sp³-hybridized carbons (Fsp3) is 0.773. The Morgan fingerprint density at radius 2 is 1.87 bits per heavy atom. The van der Waals surface area contributed by atoms with Crippen molar-refractivity contribution in [2.24, 2.45) is 36.1 Å². The van der Waals surface area contributed by atoms with Gasteiger partial charge in [0.15, 0.2) is 11.3 Å². The van der Waals surface area contributed by atoms with Crippen molar-refractivity contribution in [2.75, 3.05) is 0 Å². The van der Waals surface area contributed by atoms with E-state index >= 15 is 0 Å². The first kappa shape index (κ1) is 18.5. The van der Waals surface area contributed by atoms with E-state index in [0.29, 0.717) is 0 Å². The molecule has 0 spiro atoms. The molecule has 2 unspecified atom stereocenters. The highest BCUT2D eigenvalue weighted by Gasteiger charge is 2.63. The van der Waals surface area contributed by atoms with Crippen molar-refractivity contribution in [1.29, 1.82) is 0 Å². The van der Waals surface area contributed by atoms with E-state index in [0.717, 1.165) is 41.2 Å². The number of carbonyl (C=O) groups is 1. The Morgan fingerprint density at radius 1 is 1.17 bits per heavy atom. The standard InChI is InChI=1S/C22H30N6O2/c1-13-15-7-14-8-16(13)11-21(9-14,10-15)22(5-3-4-6-22)24-19(29)17-18-25-26-27(2)20(30)28(18)12-23-17/h12-16H,3-11H2,1-2H3,(H,24,29). The molecule has 8 heteroatoms. The Hall–Kier alpha value is -2.25. The zero-order valence-corrected chi connectivity index (χ0v) is 17.8. The summed E-state index contributed by atoms with van der Waals surface area (Å²) in [6.07, 6.45) is 12.4. The molecule has 5 aliphatic rings. The average molecular weight is 411 g/mol. The number of nitrogens with zero attached hydrogens (tertiary/aromatic N) is 5. The first-order valence-corrected chi connectivity index (χ1v) is 11.5. The van der Waals surface area contributed by atoms with E-state index in [9.17, 15) is 9.59 Å². The van der Waals surface area contributed by atoms with Crippen LogP contribution in [0.2, 0.25) is 0 Å². The van der Waals surface area contributed by atoms with Gasteiger partial charge in [-0.15, -0.1) is 5.10 Å². The quantitative estimate of drug-likeness (QED) is 0.838. The molecule has 0 aliphatic heterocycles. The highest BCUT2D eigenvalue weighted by atomic mass is 16.2. The van der Waals surface area contributed by atoms with Gasteiger partial charge in [-0.1, -0.05) is 25.0 Å². The third-order valence-electron chi connectivity index (χ3n) is 9.28. The molecule has 4 bridgehead atoms. The molecule has 160 valence electrons. The molecule has 0 radical (unpaired) electrons. The predicted molar refractivity (Wildman–Crippen MR) is 110 cm³/mol. The van der Waals surface area contributed by atoms with Gasteiger partial charge < -0.3 is 5.32 Å². The number of hydrogen-bond acceptors (Lipinski definition) is 5. The van der Waals surface area contributed by atoms with Crippen LogP contribution in [0.4, 0.5) is 0 Å². The van der Waals surface area contributed by atoms with Crippen LogP contribution < -0.4 is 11.0 Å². The van der Waals surface area contributed by atoms with Crippen LogP contribution in [0, 0.1) is 29.1 Å². The Kier molecular flexibility index (Phi) is 3.79. The highest BCUT2D eigenvalue weighted by Crippen LogP contribution is 2.67. The lowest BCUT2D eigenvalue weighted by Crippen LogP contribution is -2.65. The van der Waals surface area contributed by atoms with Crippen molar-refractivity contribution in [3.8, 4) is 0 Å². The summed E-state index contributed by atoms with van der Waals surface area (Å²) < 4.78 is 2.45. The third kappa shape index (κ3) is 2.36. The molecule has 1 N–H and O–H groups in total. The van der Waals surface area contributed by atoms with Crippen molar-refractivity contribution >= 4 is 11.6 Å². The smallest absolute Gasteiger partial charge is 0.345 e. The van der Waals surface area contributed by atoms with E-state index in [2.05, 4.69) is 27.5 Å². The maximum Gasteiger partial charge on any atom is 0.352 e. The fourth-order valence-corrected chi connectivity index (χ4v) is 7.95. The average Bonchev–Trinajstić information content (AvgIpc) is 3.36. The van der Waals surface area contributed by atoms with Crippen molar-refractivity contribution in [2.45, 2.75) is 70.3 Å². The first-order valence-electron chi connectivity index (χ1n) is 11.5. The van der Waals surface area contributed by atoms with Crippen molar-refractivity contribution in [1.82, 2.24) is 29.7 Å². The zero-order valence-electron chi connectivity index (χ0n) is 17.8. The van der Waals surface area contributed by atoms with E-state index in [-0.39, 0.29) is 33.9 Å². The summed E-state index contributed by atoms with van der Waals surface area (Å²) in [5, 5.41) is 11.4. The summed E-state index contributed by atoms with van der Waals surface area (Å²) in [5.41, 5.74) is 0.173. The van der Waals surface area contributed by atoms with Gasteiger partial charge in [0.05, 0.1) is 0 Å². The van der Waals surface area contributed by atoms with Crippen LogP contribution in [0.15, 0.2) is 11.1 Å². The normalized spacial score (nSPS) is 36.5. The van der Waals surface area contributed by atoms with Gasteiger partial charge in [0, 0.05) is 12.6 Å².